The maximum atomic E-state index is 13.9. The summed E-state index contributed by atoms with van der Waals surface area (Å²) in [6.45, 7) is 1.99. The van der Waals surface area contributed by atoms with Gasteiger partial charge in [0.25, 0.3) is 0 Å². The largest absolute Gasteiger partial charge is 0.462 e. The second-order valence-corrected chi connectivity index (χ2v) is 3.78. The van der Waals surface area contributed by atoms with Gasteiger partial charge in [-0.1, -0.05) is 36.4 Å². The summed E-state index contributed by atoms with van der Waals surface area (Å²) in [6, 6.07) is 13.6. The fourth-order valence-electron chi connectivity index (χ4n) is 1.71. The van der Waals surface area contributed by atoms with Crippen LogP contribution in [0.15, 0.2) is 48.5 Å². The summed E-state index contributed by atoms with van der Waals surface area (Å²) in [5, 5.41) is 0. The first kappa shape index (κ1) is 12.3. The summed E-state index contributed by atoms with van der Waals surface area (Å²) < 4.78 is 18.8. The van der Waals surface area contributed by atoms with E-state index in [0.717, 1.165) is 5.56 Å². The molecule has 18 heavy (non-hydrogen) atoms. The van der Waals surface area contributed by atoms with Gasteiger partial charge in [0.15, 0.2) is 0 Å². The van der Waals surface area contributed by atoms with E-state index in [0.29, 0.717) is 5.56 Å². The molecule has 0 aliphatic heterocycles. The molecule has 3 heteroatoms. The third-order valence-electron chi connectivity index (χ3n) is 2.57. The highest BCUT2D eigenvalue weighted by Crippen LogP contribution is 2.23. The van der Waals surface area contributed by atoms with Crippen LogP contribution in [0.1, 0.15) is 17.3 Å². The fraction of sp³-hybridized carbons (Fsp3) is 0.133. The number of rotatable bonds is 3. The van der Waals surface area contributed by atoms with Gasteiger partial charge in [-0.3, -0.25) is 0 Å². The first-order valence-corrected chi connectivity index (χ1v) is 5.74. The molecule has 0 saturated carbocycles. The Kier molecular flexibility index (Phi) is 3.72. The van der Waals surface area contributed by atoms with Crippen molar-refractivity contribution in [2.45, 2.75) is 6.92 Å². The van der Waals surface area contributed by atoms with Crippen LogP contribution in [0, 0.1) is 5.82 Å². The van der Waals surface area contributed by atoms with E-state index >= 15 is 0 Å². The molecule has 2 aromatic carbocycles. The molecule has 2 nitrogen and oxygen atoms in total. The van der Waals surface area contributed by atoms with Gasteiger partial charge in [-0.05, 0) is 24.6 Å². The smallest absolute Gasteiger partial charge is 0.338 e. The molecule has 2 rings (SSSR count). The van der Waals surface area contributed by atoms with Crippen molar-refractivity contribution in [1.82, 2.24) is 0 Å². The summed E-state index contributed by atoms with van der Waals surface area (Å²) in [6.07, 6.45) is 0. The van der Waals surface area contributed by atoms with Crippen molar-refractivity contribution >= 4 is 5.97 Å². The van der Waals surface area contributed by atoms with E-state index in [2.05, 4.69) is 0 Å². The van der Waals surface area contributed by atoms with Crippen molar-refractivity contribution in [3.8, 4) is 11.1 Å². The predicted octanol–water partition coefficient (Wildman–Crippen LogP) is 3.67. The quantitative estimate of drug-likeness (QED) is 0.770. The lowest BCUT2D eigenvalue weighted by Gasteiger charge is -2.06. The molecule has 0 amide bonds. The molecular weight excluding hydrogens is 231 g/mol. The SMILES string of the molecule is CCOC(=O)c1ccc(-c2ccccc2)c(F)c1. The summed E-state index contributed by atoms with van der Waals surface area (Å²) >= 11 is 0. The molecular formula is C15H13FO2. The first-order valence-electron chi connectivity index (χ1n) is 5.74. The van der Waals surface area contributed by atoms with Crippen LogP contribution in [0.3, 0.4) is 0 Å². The number of esters is 1. The standard InChI is InChI=1S/C15H13FO2/c1-2-18-15(17)12-8-9-13(14(16)10-12)11-6-4-3-5-7-11/h3-10H,2H2,1H3. The van der Waals surface area contributed by atoms with Crippen molar-refractivity contribution in [1.29, 1.82) is 0 Å². The molecule has 0 saturated heterocycles. The Morgan fingerprint density at radius 1 is 1.17 bits per heavy atom. The van der Waals surface area contributed by atoms with Crippen LogP contribution in [0.2, 0.25) is 0 Å². The lowest BCUT2D eigenvalue weighted by Crippen LogP contribution is -2.05. The van der Waals surface area contributed by atoms with Gasteiger partial charge in [0.05, 0.1) is 12.2 Å². The number of ether oxygens (including phenoxy) is 1. The highest BCUT2D eigenvalue weighted by Gasteiger charge is 2.11. The molecule has 0 heterocycles. The normalized spacial score (nSPS) is 10.1. The Labute approximate surface area is 105 Å². The van der Waals surface area contributed by atoms with Crippen LogP contribution in [-0.2, 0) is 4.74 Å². The minimum absolute atomic E-state index is 0.231. The van der Waals surface area contributed by atoms with E-state index in [-0.39, 0.29) is 12.2 Å². The Balaban J connectivity index is 2.34. The van der Waals surface area contributed by atoms with E-state index in [9.17, 15) is 9.18 Å². The first-order chi connectivity index (χ1) is 8.72. The summed E-state index contributed by atoms with van der Waals surface area (Å²) in [7, 11) is 0. The van der Waals surface area contributed by atoms with E-state index in [1.165, 1.54) is 6.07 Å². The zero-order valence-electron chi connectivity index (χ0n) is 10.0. The van der Waals surface area contributed by atoms with Crippen molar-refractivity contribution in [3.63, 3.8) is 0 Å². The molecule has 0 aromatic heterocycles. The van der Waals surface area contributed by atoms with Gasteiger partial charge in [0.1, 0.15) is 5.82 Å². The number of hydrogen-bond donors (Lipinski definition) is 0. The van der Waals surface area contributed by atoms with Crippen LogP contribution in [0.5, 0.6) is 0 Å². The predicted molar refractivity (Wildman–Crippen MR) is 67.8 cm³/mol. The highest BCUT2D eigenvalue weighted by atomic mass is 19.1. The molecule has 2 aromatic rings. The zero-order chi connectivity index (χ0) is 13.0. The molecule has 0 N–H and O–H groups in total. The minimum Gasteiger partial charge on any atom is -0.462 e. The van der Waals surface area contributed by atoms with Crippen LogP contribution >= 0.6 is 0 Å². The topological polar surface area (TPSA) is 26.3 Å². The van der Waals surface area contributed by atoms with Gasteiger partial charge < -0.3 is 4.74 Å². The second kappa shape index (κ2) is 5.45. The fourth-order valence-corrected chi connectivity index (χ4v) is 1.71. The number of carbonyl (C=O) groups excluding carboxylic acids is 1. The highest BCUT2D eigenvalue weighted by molar-refractivity contribution is 5.90. The van der Waals surface area contributed by atoms with Crippen LogP contribution in [0.4, 0.5) is 4.39 Å². The van der Waals surface area contributed by atoms with Crippen molar-refractivity contribution in [3.05, 3.63) is 59.9 Å². The molecule has 0 fully saturated rings. The van der Waals surface area contributed by atoms with Gasteiger partial charge in [-0.2, -0.15) is 0 Å². The van der Waals surface area contributed by atoms with Gasteiger partial charge in [-0.25, -0.2) is 9.18 Å². The van der Waals surface area contributed by atoms with Gasteiger partial charge in [-0.15, -0.1) is 0 Å². The van der Waals surface area contributed by atoms with E-state index in [4.69, 9.17) is 4.74 Å². The average Bonchev–Trinajstić information content (AvgIpc) is 2.40. The maximum absolute atomic E-state index is 13.9. The molecule has 0 unspecified atom stereocenters. The molecule has 0 atom stereocenters. The van der Waals surface area contributed by atoms with E-state index < -0.39 is 11.8 Å². The number of carbonyl (C=O) groups is 1. The third kappa shape index (κ3) is 2.56. The summed E-state index contributed by atoms with van der Waals surface area (Å²) in [5.74, 6) is -0.928. The average molecular weight is 244 g/mol. The van der Waals surface area contributed by atoms with Crippen molar-refractivity contribution in [2.24, 2.45) is 0 Å². The molecule has 0 bridgehead atoms. The third-order valence-corrected chi connectivity index (χ3v) is 2.57. The maximum Gasteiger partial charge on any atom is 0.338 e. The number of halogens is 1. The lowest BCUT2D eigenvalue weighted by atomic mass is 10.0. The number of benzene rings is 2. The minimum atomic E-state index is -0.504. The van der Waals surface area contributed by atoms with Gasteiger partial charge in [0, 0.05) is 5.56 Å². The Morgan fingerprint density at radius 2 is 1.89 bits per heavy atom. The Morgan fingerprint density at radius 3 is 2.50 bits per heavy atom. The summed E-state index contributed by atoms with van der Waals surface area (Å²) in [4.78, 5) is 11.5. The van der Waals surface area contributed by atoms with Crippen LogP contribution in [0.25, 0.3) is 11.1 Å². The molecule has 0 aliphatic carbocycles. The zero-order valence-corrected chi connectivity index (χ0v) is 10.0. The van der Waals surface area contributed by atoms with Crippen molar-refractivity contribution < 1.29 is 13.9 Å². The van der Waals surface area contributed by atoms with Crippen LogP contribution in [-0.4, -0.2) is 12.6 Å². The molecule has 0 radical (unpaired) electrons. The van der Waals surface area contributed by atoms with E-state index in [1.807, 2.05) is 30.3 Å². The van der Waals surface area contributed by atoms with E-state index in [1.54, 1.807) is 19.1 Å². The monoisotopic (exact) mass is 244 g/mol. The van der Waals surface area contributed by atoms with Crippen LogP contribution < -0.4 is 0 Å². The molecule has 0 aliphatic rings. The Bertz CT molecular complexity index is 550. The van der Waals surface area contributed by atoms with Gasteiger partial charge >= 0.3 is 5.97 Å². The Hall–Kier alpha value is -2.16. The molecule has 92 valence electrons. The summed E-state index contributed by atoms with van der Waals surface area (Å²) in [5.41, 5.74) is 1.49. The van der Waals surface area contributed by atoms with Gasteiger partial charge in [0.2, 0.25) is 0 Å². The second-order valence-electron chi connectivity index (χ2n) is 3.78. The van der Waals surface area contributed by atoms with Crippen molar-refractivity contribution in [2.75, 3.05) is 6.61 Å². The molecule has 0 spiro atoms. The number of hydrogen-bond acceptors (Lipinski definition) is 2. The lowest BCUT2D eigenvalue weighted by molar-refractivity contribution is 0.0526.